The minimum absolute atomic E-state index is 0.0522. The van der Waals surface area contributed by atoms with Crippen LogP contribution in [-0.2, 0) is 17.6 Å². The van der Waals surface area contributed by atoms with E-state index in [1.54, 1.807) is 6.92 Å². The number of hydrogen-bond donors (Lipinski definition) is 1. The van der Waals surface area contributed by atoms with Crippen LogP contribution in [0.25, 0.3) is 0 Å². The molecule has 2 saturated carbocycles. The zero-order chi connectivity index (χ0) is 15.3. The molecule has 4 rings (SSSR count). The summed E-state index contributed by atoms with van der Waals surface area (Å²) in [5, 5.41) is 10.5. The first-order valence-electron chi connectivity index (χ1n) is 8.54. The van der Waals surface area contributed by atoms with Gasteiger partial charge in [-0.3, -0.25) is 4.79 Å². The Morgan fingerprint density at radius 2 is 2.09 bits per heavy atom. The predicted molar refractivity (Wildman–Crippen MR) is 83.8 cm³/mol. The van der Waals surface area contributed by atoms with Gasteiger partial charge in [0.05, 0.1) is 6.10 Å². The zero-order valence-corrected chi connectivity index (χ0v) is 13.1. The Kier molecular flexibility index (Phi) is 3.48. The van der Waals surface area contributed by atoms with Gasteiger partial charge in [0.1, 0.15) is 12.4 Å². The minimum Gasteiger partial charge on any atom is -0.486 e. The summed E-state index contributed by atoms with van der Waals surface area (Å²) in [5.74, 6) is 3.42. The summed E-state index contributed by atoms with van der Waals surface area (Å²) in [5.41, 5.74) is 2.63. The van der Waals surface area contributed by atoms with Gasteiger partial charge >= 0.3 is 0 Å². The number of aliphatic hydroxyl groups excluding tert-OH is 1. The average Bonchev–Trinajstić information content (AvgIpc) is 3.25. The molecule has 1 aromatic carbocycles. The summed E-state index contributed by atoms with van der Waals surface area (Å²) < 4.78 is 5.72. The van der Waals surface area contributed by atoms with Gasteiger partial charge < -0.3 is 9.84 Å². The van der Waals surface area contributed by atoms with E-state index in [4.69, 9.17) is 4.74 Å². The maximum atomic E-state index is 11.2. The Morgan fingerprint density at radius 1 is 1.27 bits per heavy atom. The first-order chi connectivity index (χ1) is 10.6. The normalized spacial score (nSPS) is 33.2. The molecule has 0 aromatic heterocycles. The van der Waals surface area contributed by atoms with Crippen molar-refractivity contribution in [2.45, 2.75) is 45.1 Å². The molecule has 0 radical (unpaired) electrons. The molecule has 3 heteroatoms. The second kappa shape index (κ2) is 5.38. The maximum absolute atomic E-state index is 11.2. The molecule has 1 N–H and O–H groups in total. The molecule has 22 heavy (non-hydrogen) atoms. The zero-order valence-electron chi connectivity index (χ0n) is 13.1. The molecular formula is C19H24O3. The Hall–Kier alpha value is -1.35. The topological polar surface area (TPSA) is 46.5 Å². The Bertz CT molecular complexity index is 590. The van der Waals surface area contributed by atoms with Crippen molar-refractivity contribution >= 4 is 5.78 Å². The number of hydrogen-bond acceptors (Lipinski definition) is 3. The standard InChI is InChI=1S/C19H24O3/c1-11(20)10-22-18-4-2-3-13-7-16-14(8-15(13)18)9-17(21)19(16)12-5-6-12/h2-4,12,14,16-17,19,21H,5-10H2,1H3. The third kappa shape index (κ3) is 2.45. The number of rotatable bonds is 4. The van der Waals surface area contributed by atoms with Gasteiger partial charge in [-0.15, -0.1) is 0 Å². The number of ether oxygens (including phenoxy) is 1. The van der Waals surface area contributed by atoms with Crippen molar-refractivity contribution in [3.63, 3.8) is 0 Å². The summed E-state index contributed by atoms with van der Waals surface area (Å²) >= 11 is 0. The molecule has 4 unspecified atom stereocenters. The molecule has 0 spiro atoms. The van der Waals surface area contributed by atoms with Gasteiger partial charge in [0.2, 0.25) is 0 Å². The van der Waals surface area contributed by atoms with Gasteiger partial charge in [0.25, 0.3) is 0 Å². The van der Waals surface area contributed by atoms with Gasteiger partial charge in [0, 0.05) is 0 Å². The fourth-order valence-corrected chi connectivity index (χ4v) is 4.79. The van der Waals surface area contributed by atoms with E-state index in [0.29, 0.717) is 17.8 Å². The van der Waals surface area contributed by atoms with Crippen molar-refractivity contribution < 1.29 is 14.6 Å². The van der Waals surface area contributed by atoms with E-state index in [-0.39, 0.29) is 18.5 Å². The van der Waals surface area contributed by atoms with Crippen LogP contribution >= 0.6 is 0 Å². The summed E-state index contributed by atoms with van der Waals surface area (Å²) in [4.78, 5) is 11.2. The lowest BCUT2D eigenvalue weighted by Gasteiger charge is -2.32. The van der Waals surface area contributed by atoms with Crippen molar-refractivity contribution in [2.24, 2.45) is 23.7 Å². The summed E-state index contributed by atoms with van der Waals surface area (Å²) in [6.45, 7) is 1.71. The highest BCUT2D eigenvalue weighted by Gasteiger charge is 2.50. The van der Waals surface area contributed by atoms with Crippen LogP contribution in [0.4, 0.5) is 0 Å². The lowest BCUT2D eigenvalue weighted by atomic mass is 9.73. The number of fused-ring (bicyclic) bond motifs is 2. The lowest BCUT2D eigenvalue weighted by molar-refractivity contribution is -0.118. The quantitative estimate of drug-likeness (QED) is 0.930. The second-order valence-electron chi connectivity index (χ2n) is 7.43. The fourth-order valence-electron chi connectivity index (χ4n) is 4.79. The third-order valence-electron chi connectivity index (χ3n) is 5.84. The average molecular weight is 300 g/mol. The highest BCUT2D eigenvalue weighted by molar-refractivity contribution is 5.77. The monoisotopic (exact) mass is 300 g/mol. The van der Waals surface area contributed by atoms with E-state index in [1.165, 1.54) is 24.0 Å². The van der Waals surface area contributed by atoms with E-state index in [1.807, 2.05) is 12.1 Å². The second-order valence-corrected chi connectivity index (χ2v) is 7.43. The van der Waals surface area contributed by atoms with Crippen LogP contribution in [-0.4, -0.2) is 23.6 Å². The van der Waals surface area contributed by atoms with Crippen molar-refractivity contribution in [3.8, 4) is 5.75 Å². The molecule has 2 fully saturated rings. The van der Waals surface area contributed by atoms with Crippen LogP contribution in [0, 0.1) is 23.7 Å². The molecule has 0 aliphatic heterocycles. The minimum atomic E-state index is -0.113. The summed E-state index contributed by atoms with van der Waals surface area (Å²) in [6.07, 6.45) is 5.49. The van der Waals surface area contributed by atoms with Gasteiger partial charge in [0.15, 0.2) is 5.78 Å². The van der Waals surface area contributed by atoms with Gasteiger partial charge in [-0.1, -0.05) is 12.1 Å². The van der Waals surface area contributed by atoms with E-state index >= 15 is 0 Å². The van der Waals surface area contributed by atoms with Crippen LogP contribution in [0.1, 0.15) is 37.3 Å². The van der Waals surface area contributed by atoms with Crippen LogP contribution in [0.15, 0.2) is 18.2 Å². The van der Waals surface area contributed by atoms with Crippen LogP contribution < -0.4 is 4.74 Å². The van der Waals surface area contributed by atoms with Crippen LogP contribution in [0.5, 0.6) is 5.75 Å². The van der Waals surface area contributed by atoms with Crippen molar-refractivity contribution in [1.82, 2.24) is 0 Å². The van der Waals surface area contributed by atoms with Crippen LogP contribution in [0.2, 0.25) is 0 Å². The molecule has 0 bridgehead atoms. The number of ketones is 1. The number of benzene rings is 1. The van der Waals surface area contributed by atoms with E-state index in [0.717, 1.165) is 30.9 Å². The van der Waals surface area contributed by atoms with Crippen molar-refractivity contribution in [3.05, 3.63) is 29.3 Å². The molecule has 3 aliphatic carbocycles. The van der Waals surface area contributed by atoms with Gasteiger partial charge in [-0.05, 0) is 79.9 Å². The molecule has 0 saturated heterocycles. The van der Waals surface area contributed by atoms with Crippen molar-refractivity contribution in [1.29, 1.82) is 0 Å². The molecule has 0 heterocycles. The molecule has 1 aromatic rings. The van der Waals surface area contributed by atoms with E-state index in [9.17, 15) is 9.90 Å². The molecule has 0 amide bonds. The Labute approximate surface area is 131 Å². The Morgan fingerprint density at radius 3 is 2.82 bits per heavy atom. The molecular weight excluding hydrogens is 276 g/mol. The number of aliphatic hydroxyl groups is 1. The van der Waals surface area contributed by atoms with Crippen LogP contribution in [0.3, 0.4) is 0 Å². The third-order valence-corrected chi connectivity index (χ3v) is 5.84. The molecule has 3 aliphatic rings. The Balaban J connectivity index is 1.59. The van der Waals surface area contributed by atoms with E-state index < -0.39 is 0 Å². The number of carbonyl (C=O) groups excluding carboxylic acids is 1. The smallest absolute Gasteiger partial charge is 0.167 e. The fraction of sp³-hybridized carbons (Fsp3) is 0.632. The highest BCUT2D eigenvalue weighted by atomic mass is 16.5. The summed E-state index contributed by atoms with van der Waals surface area (Å²) in [7, 11) is 0. The first kappa shape index (κ1) is 14.3. The largest absolute Gasteiger partial charge is 0.486 e. The van der Waals surface area contributed by atoms with Crippen molar-refractivity contribution in [2.75, 3.05) is 6.61 Å². The molecule has 118 valence electrons. The highest BCUT2D eigenvalue weighted by Crippen LogP contribution is 2.54. The molecule has 3 nitrogen and oxygen atoms in total. The lowest BCUT2D eigenvalue weighted by Crippen LogP contribution is -2.28. The maximum Gasteiger partial charge on any atom is 0.167 e. The number of Topliss-reactive ketones (excluding diaryl/α,β-unsaturated/α-hetero) is 1. The SMILES string of the molecule is CC(=O)COc1cccc2c1CC1CC(O)C(C3CC3)C1C2. The van der Waals surface area contributed by atoms with Gasteiger partial charge in [-0.2, -0.15) is 0 Å². The predicted octanol–water partition coefficient (Wildman–Crippen LogP) is 2.78. The van der Waals surface area contributed by atoms with Gasteiger partial charge in [-0.25, -0.2) is 0 Å². The van der Waals surface area contributed by atoms with E-state index in [2.05, 4.69) is 6.07 Å². The molecule has 4 atom stereocenters. The first-order valence-corrected chi connectivity index (χ1v) is 8.54. The number of carbonyl (C=O) groups is 1. The summed E-state index contributed by atoms with van der Waals surface area (Å²) in [6, 6.07) is 6.21.